The maximum Gasteiger partial charge on any atom is 0.435 e. The van der Waals surface area contributed by atoms with E-state index >= 15 is 0 Å². The van der Waals surface area contributed by atoms with Crippen LogP contribution in [-0.4, -0.2) is 35.9 Å². The van der Waals surface area contributed by atoms with Crippen LogP contribution in [0.5, 0.6) is 0 Å². The van der Waals surface area contributed by atoms with Crippen molar-refractivity contribution in [2.24, 2.45) is 0 Å². The molecular weight excluding hydrogens is 455 g/mol. The number of nitrogens with zero attached hydrogens (tertiary/aromatic N) is 7. The van der Waals surface area contributed by atoms with Crippen molar-refractivity contribution in [3.8, 4) is 17.1 Å². The number of aryl methyl sites for hydroxylation is 3. The first-order valence-electron chi connectivity index (χ1n) is 11.7. The van der Waals surface area contributed by atoms with Crippen molar-refractivity contribution in [1.82, 2.24) is 29.3 Å². The Morgan fingerprint density at radius 1 is 1.00 bits per heavy atom. The highest BCUT2D eigenvalue weighted by Gasteiger charge is 2.34. The van der Waals surface area contributed by atoms with E-state index in [-0.39, 0.29) is 6.04 Å². The van der Waals surface area contributed by atoms with Crippen molar-refractivity contribution in [2.45, 2.75) is 59.4 Å². The Labute approximate surface area is 201 Å². The number of aromatic nitrogens is 6. The summed E-state index contributed by atoms with van der Waals surface area (Å²) in [5.74, 6) is 1.06. The Bertz CT molecular complexity index is 1340. The van der Waals surface area contributed by atoms with Crippen molar-refractivity contribution < 1.29 is 13.2 Å². The molecule has 0 saturated heterocycles. The molecule has 10 heteroatoms. The van der Waals surface area contributed by atoms with E-state index in [2.05, 4.69) is 46.6 Å². The predicted octanol–water partition coefficient (Wildman–Crippen LogP) is 5.56. The van der Waals surface area contributed by atoms with Crippen LogP contribution in [0, 0.1) is 13.8 Å². The lowest BCUT2D eigenvalue weighted by molar-refractivity contribution is -0.141. The van der Waals surface area contributed by atoms with Gasteiger partial charge in [0.15, 0.2) is 5.69 Å². The van der Waals surface area contributed by atoms with Crippen LogP contribution in [0.2, 0.25) is 0 Å². The van der Waals surface area contributed by atoms with Gasteiger partial charge in [-0.15, -0.1) is 0 Å². The van der Waals surface area contributed by atoms with Crippen LogP contribution in [0.25, 0.3) is 17.1 Å². The SMILES string of the molecule is Cc1cnn(C(C)C)c1-c1cc2n(n1)CCCN2Cc1ccc(-n2nc(C(F)(F)F)cc2C)cc1. The average molecular weight is 484 g/mol. The topological polar surface area (TPSA) is 56.7 Å². The Morgan fingerprint density at radius 3 is 2.40 bits per heavy atom. The molecule has 0 unspecified atom stereocenters. The number of anilines is 1. The molecule has 3 aromatic heterocycles. The highest BCUT2D eigenvalue weighted by Crippen LogP contribution is 2.32. The largest absolute Gasteiger partial charge is 0.435 e. The molecule has 5 rings (SSSR count). The smallest absolute Gasteiger partial charge is 0.352 e. The second-order valence-electron chi connectivity index (χ2n) is 9.35. The third-order valence-corrected chi connectivity index (χ3v) is 6.32. The Balaban J connectivity index is 1.39. The van der Waals surface area contributed by atoms with E-state index in [4.69, 9.17) is 5.10 Å². The summed E-state index contributed by atoms with van der Waals surface area (Å²) in [7, 11) is 0. The molecule has 0 saturated carbocycles. The quantitative estimate of drug-likeness (QED) is 0.373. The van der Waals surface area contributed by atoms with E-state index < -0.39 is 11.9 Å². The first-order chi connectivity index (χ1) is 16.6. The van der Waals surface area contributed by atoms with Crippen molar-refractivity contribution >= 4 is 5.82 Å². The molecule has 0 fully saturated rings. The molecule has 7 nitrogen and oxygen atoms in total. The summed E-state index contributed by atoms with van der Waals surface area (Å²) >= 11 is 0. The molecule has 0 aliphatic carbocycles. The van der Waals surface area contributed by atoms with Crippen molar-refractivity contribution in [3.05, 3.63) is 65.1 Å². The van der Waals surface area contributed by atoms with Crippen LogP contribution in [0.3, 0.4) is 0 Å². The number of benzene rings is 1. The zero-order valence-electron chi connectivity index (χ0n) is 20.2. The van der Waals surface area contributed by atoms with Crippen LogP contribution in [0.15, 0.2) is 42.6 Å². The van der Waals surface area contributed by atoms with Gasteiger partial charge in [0.25, 0.3) is 0 Å². The number of alkyl halides is 3. The van der Waals surface area contributed by atoms with E-state index in [0.717, 1.165) is 53.9 Å². The molecule has 1 aliphatic heterocycles. The minimum absolute atomic E-state index is 0.234. The van der Waals surface area contributed by atoms with E-state index in [9.17, 15) is 13.2 Å². The summed E-state index contributed by atoms with van der Waals surface area (Å²) in [5.41, 5.74) is 4.27. The molecular formula is C25H28F3N7. The van der Waals surface area contributed by atoms with Gasteiger partial charge in [0, 0.05) is 37.4 Å². The van der Waals surface area contributed by atoms with Gasteiger partial charge in [-0.05, 0) is 63.4 Å². The monoisotopic (exact) mass is 483 g/mol. The third kappa shape index (κ3) is 4.33. The molecule has 0 spiro atoms. The molecule has 0 N–H and O–H groups in total. The van der Waals surface area contributed by atoms with Crippen molar-refractivity contribution in [1.29, 1.82) is 0 Å². The summed E-state index contributed by atoms with van der Waals surface area (Å²) in [6.07, 6.45) is -1.59. The molecule has 4 aromatic rings. The minimum atomic E-state index is -4.46. The number of rotatable bonds is 5. The summed E-state index contributed by atoms with van der Waals surface area (Å²) in [6, 6.07) is 10.9. The Kier molecular flexibility index (Phi) is 5.69. The zero-order valence-corrected chi connectivity index (χ0v) is 20.2. The molecule has 0 bridgehead atoms. The summed E-state index contributed by atoms with van der Waals surface area (Å²) in [4.78, 5) is 2.29. The summed E-state index contributed by atoms with van der Waals surface area (Å²) < 4.78 is 44.5. The molecule has 184 valence electrons. The van der Waals surface area contributed by atoms with E-state index in [1.165, 1.54) is 4.68 Å². The fourth-order valence-electron chi connectivity index (χ4n) is 4.62. The van der Waals surface area contributed by atoms with Gasteiger partial charge in [-0.2, -0.15) is 28.5 Å². The first-order valence-corrected chi connectivity index (χ1v) is 11.7. The molecule has 0 amide bonds. The molecule has 1 aliphatic rings. The zero-order chi connectivity index (χ0) is 24.9. The fourth-order valence-corrected chi connectivity index (χ4v) is 4.62. The maximum atomic E-state index is 13.0. The van der Waals surface area contributed by atoms with Crippen molar-refractivity contribution in [2.75, 3.05) is 11.4 Å². The second kappa shape index (κ2) is 8.58. The lowest BCUT2D eigenvalue weighted by Crippen LogP contribution is -2.31. The van der Waals surface area contributed by atoms with Gasteiger partial charge < -0.3 is 4.90 Å². The van der Waals surface area contributed by atoms with Crippen LogP contribution in [-0.2, 0) is 19.3 Å². The predicted molar refractivity (Wildman–Crippen MR) is 128 cm³/mol. The van der Waals surface area contributed by atoms with Gasteiger partial charge in [0.05, 0.1) is 17.6 Å². The van der Waals surface area contributed by atoms with E-state index in [1.807, 2.05) is 35.1 Å². The minimum Gasteiger partial charge on any atom is -0.352 e. The Hall–Kier alpha value is -3.56. The highest BCUT2D eigenvalue weighted by atomic mass is 19.4. The lowest BCUT2D eigenvalue weighted by Gasteiger charge is -2.29. The maximum absolute atomic E-state index is 13.0. The molecule has 4 heterocycles. The number of halogens is 3. The van der Waals surface area contributed by atoms with Crippen LogP contribution >= 0.6 is 0 Å². The van der Waals surface area contributed by atoms with Crippen LogP contribution in [0.1, 0.15) is 48.8 Å². The molecule has 1 aromatic carbocycles. The van der Waals surface area contributed by atoms with E-state index in [0.29, 0.717) is 17.9 Å². The van der Waals surface area contributed by atoms with Crippen LogP contribution in [0.4, 0.5) is 19.0 Å². The van der Waals surface area contributed by atoms with E-state index in [1.54, 1.807) is 6.92 Å². The summed E-state index contributed by atoms with van der Waals surface area (Å²) in [5, 5.41) is 13.2. The van der Waals surface area contributed by atoms with Gasteiger partial charge in [0.1, 0.15) is 11.5 Å². The average Bonchev–Trinajstić information content (AvgIpc) is 3.50. The Morgan fingerprint density at radius 2 is 1.74 bits per heavy atom. The molecule has 0 radical (unpaired) electrons. The number of fused-ring (bicyclic) bond motifs is 1. The van der Waals surface area contributed by atoms with Crippen LogP contribution < -0.4 is 4.90 Å². The normalized spacial score (nSPS) is 14.1. The third-order valence-electron chi connectivity index (χ3n) is 6.32. The lowest BCUT2D eigenvalue weighted by atomic mass is 10.1. The summed E-state index contributed by atoms with van der Waals surface area (Å²) in [6.45, 7) is 10.3. The van der Waals surface area contributed by atoms with Gasteiger partial charge >= 0.3 is 6.18 Å². The van der Waals surface area contributed by atoms with Gasteiger partial charge in [-0.3, -0.25) is 4.68 Å². The molecule has 35 heavy (non-hydrogen) atoms. The fraction of sp³-hybridized carbons (Fsp3) is 0.400. The van der Waals surface area contributed by atoms with Gasteiger partial charge in [-0.1, -0.05) is 12.1 Å². The second-order valence-corrected chi connectivity index (χ2v) is 9.35. The number of hydrogen-bond acceptors (Lipinski definition) is 4. The van der Waals surface area contributed by atoms with Crippen molar-refractivity contribution in [3.63, 3.8) is 0 Å². The molecule has 0 atom stereocenters. The number of hydrogen-bond donors (Lipinski definition) is 0. The standard InChI is InChI=1S/C25H28F3N7/c1-16(2)34-24(17(3)14-29-34)21-13-23-32(10-5-11-33(23)30-21)15-19-6-8-20(9-7-19)35-18(4)12-22(31-35)25(26,27)28/h6-9,12-14,16H,5,10-11,15H2,1-4H3. The highest BCUT2D eigenvalue weighted by molar-refractivity contribution is 5.64. The first kappa shape index (κ1) is 23.2. The van der Waals surface area contributed by atoms with Gasteiger partial charge in [0.2, 0.25) is 0 Å². The van der Waals surface area contributed by atoms with Gasteiger partial charge in [-0.25, -0.2) is 9.36 Å².